The first-order chi connectivity index (χ1) is 7.97. The fraction of sp³-hybridized carbons (Fsp3) is 0.462. The summed E-state index contributed by atoms with van der Waals surface area (Å²) in [6, 6.07) is 7.68. The Morgan fingerprint density at radius 1 is 1.29 bits per heavy atom. The number of hydrogen-bond donors (Lipinski definition) is 2. The molecular weight excluding hydrogens is 218 g/mol. The number of methoxy groups -OCH3 is 1. The van der Waals surface area contributed by atoms with Crippen LogP contribution in [0.3, 0.4) is 0 Å². The molecule has 0 aliphatic heterocycles. The summed E-state index contributed by atoms with van der Waals surface area (Å²) < 4.78 is 5.07. The molecule has 0 saturated carbocycles. The SMILES string of the molecule is COc1ccc(CCC(=NO)C(C)(C)O)cc1. The third-order valence-corrected chi connectivity index (χ3v) is 2.64. The highest BCUT2D eigenvalue weighted by Crippen LogP contribution is 2.15. The highest BCUT2D eigenvalue weighted by Gasteiger charge is 2.21. The summed E-state index contributed by atoms with van der Waals surface area (Å²) in [6.45, 7) is 3.21. The minimum absolute atomic E-state index is 0.383. The van der Waals surface area contributed by atoms with Crippen LogP contribution in [0.4, 0.5) is 0 Å². The zero-order valence-corrected chi connectivity index (χ0v) is 10.5. The normalized spacial score (nSPS) is 12.6. The molecule has 17 heavy (non-hydrogen) atoms. The van der Waals surface area contributed by atoms with Gasteiger partial charge in [0.2, 0.25) is 0 Å². The molecule has 0 aromatic heterocycles. The van der Waals surface area contributed by atoms with E-state index in [0.29, 0.717) is 18.6 Å². The predicted molar refractivity (Wildman–Crippen MR) is 66.8 cm³/mol. The number of nitrogens with zero attached hydrogens (tertiary/aromatic N) is 1. The number of aliphatic hydroxyl groups is 1. The van der Waals surface area contributed by atoms with Gasteiger partial charge in [0.1, 0.15) is 11.4 Å². The van der Waals surface area contributed by atoms with E-state index in [1.807, 2.05) is 24.3 Å². The van der Waals surface area contributed by atoms with Crippen molar-refractivity contribution in [1.29, 1.82) is 0 Å². The van der Waals surface area contributed by atoms with Crippen molar-refractivity contribution in [3.8, 4) is 5.75 Å². The summed E-state index contributed by atoms with van der Waals surface area (Å²) in [6.07, 6.45) is 1.24. The lowest BCUT2D eigenvalue weighted by Gasteiger charge is -2.18. The van der Waals surface area contributed by atoms with Gasteiger partial charge in [-0.1, -0.05) is 17.3 Å². The molecule has 0 atom stereocenters. The third-order valence-electron chi connectivity index (χ3n) is 2.64. The second-order valence-corrected chi connectivity index (χ2v) is 4.45. The van der Waals surface area contributed by atoms with Crippen LogP contribution < -0.4 is 4.74 Å². The molecule has 0 fully saturated rings. The van der Waals surface area contributed by atoms with Crippen molar-refractivity contribution in [2.75, 3.05) is 7.11 Å². The Bertz CT molecular complexity index is 377. The molecule has 1 rings (SSSR count). The lowest BCUT2D eigenvalue weighted by atomic mass is 9.96. The zero-order valence-electron chi connectivity index (χ0n) is 10.5. The van der Waals surface area contributed by atoms with E-state index in [-0.39, 0.29) is 0 Å². The predicted octanol–water partition coefficient (Wildman–Crippen LogP) is 2.23. The average molecular weight is 237 g/mol. The van der Waals surface area contributed by atoms with E-state index in [1.165, 1.54) is 0 Å². The van der Waals surface area contributed by atoms with Gasteiger partial charge >= 0.3 is 0 Å². The number of aryl methyl sites for hydroxylation is 1. The van der Waals surface area contributed by atoms with E-state index in [2.05, 4.69) is 5.16 Å². The highest BCUT2D eigenvalue weighted by molar-refractivity contribution is 5.91. The summed E-state index contributed by atoms with van der Waals surface area (Å²) in [5, 5.41) is 21.7. The van der Waals surface area contributed by atoms with E-state index in [0.717, 1.165) is 11.3 Å². The van der Waals surface area contributed by atoms with Gasteiger partial charge in [-0.15, -0.1) is 0 Å². The first kappa shape index (κ1) is 13.5. The minimum Gasteiger partial charge on any atom is -0.497 e. The van der Waals surface area contributed by atoms with Crippen LogP contribution in [0.2, 0.25) is 0 Å². The average Bonchev–Trinajstić information content (AvgIpc) is 2.29. The van der Waals surface area contributed by atoms with Crippen LogP contribution in [0.15, 0.2) is 29.4 Å². The summed E-state index contributed by atoms with van der Waals surface area (Å²) in [5.74, 6) is 0.812. The van der Waals surface area contributed by atoms with Crippen LogP contribution in [0.5, 0.6) is 5.75 Å². The fourth-order valence-corrected chi connectivity index (χ4v) is 1.53. The molecule has 0 saturated heterocycles. The molecule has 0 bridgehead atoms. The maximum Gasteiger partial charge on any atom is 0.118 e. The molecule has 4 nitrogen and oxygen atoms in total. The second kappa shape index (κ2) is 5.68. The number of hydrogen-bond acceptors (Lipinski definition) is 4. The largest absolute Gasteiger partial charge is 0.497 e. The molecule has 0 aliphatic rings. The van der Waals surface area contributed by atoms with Gasteiger partial charge in [0.05, 0.1) is 12.8 Å². The quantitative estimate of drug-likeness (QED) is 0.469. The summed E-state index contributed by atoms with van der Waals surface area (Å²) in [5.41, 5.74) is 0.408. The van der Waals surface area contributed by atoms with Crippen molar-refractivity contribution in [2.24, 2.45) is 5.16 Å². The Hall–Kier alpha value is -1.55. The van der Waals surface area contributed by atoms with Crippen LogP contribution in [0.1, 0.15) is 25.8 Å². The van der Waals surface area contributed by atoms with Crippen molar-refractivity contribution in [3.05, 3.63) is 29.8 Å². The minimum atomic E-state index is -1.08. The van der Waals surface area contributed by atoms with Gasteiger partial charge in [-0.3, -0.25) is 0 Å². The van der Waals surface area contributed by atoms with Crippen LogP contribution in [0, 0.1) is 0 Å². The van der Waals surface area contributed by atoms with Gasteiger partial charge in [-0.05, 0) is 44.4 Å². The Labute approximate surface area is 102 Å². The summed E-state index contributed by atoms with van der Waals surface area (Å²) in [4.78, 5) is 0. The molecule has 0 heterocycles. The molecular formula is C13H19NO3. The molecule has 4 heteroatoms. The van der Waals surface area contributed by atoms with Crippen LogP contribution in [0.25, 0.3) is 0 Å². The molecule has 0 unspecified atom stereocenters. The molecule has 1 aromatic rings. The third kappa shape index (κ3) is 4.07. The van der Waals surface area contributed by atoms with Crippen molar-refractivity contribution < 1.29 is 15.1 Å². The Morgan fingerprint density at radius 3 is 2.29 bits per heavy atom. The Balaban J connectivity index is 2.61. The van der Waals surface area contributed by atoms with E-state index in [4.69, 9.17) is 9.94 Å². The van der Waals surface area contributed by atoms with Crippen molar-refractivity contribution >= 4 is 5.71 Å². The number of ether oxygens (including phenoxy) is 1. The lowest BCUT2D eigenvalue weighted by molar-refractivity contribution is 0.145. The maximum absolute atomic E-state index is 9.73. The molecule has 1 aromatic carbocycles. The lowest BCUT2D eigenvalue weighted by Crippen LogP contribution is -2.31. The smallest absolute Gasteiger partial charge is 0.118 e. The first-order valence-electron chi connectivity index (χ1n) is 5.54. The van der Waals surface area contributed by atoms with Gasteiger partial charge in [0, 0.05) is 0 Å². The van der Waals surface area contributed by atoms with E-state index < -0.39 is 5.60 Å². The van der Waals surface area contributed by atoms with Crippen molar-refractivity contribution in [2.45, 2.75) is 32.3 Å². The summed E-state index contributed by atoms with van der Waals surface area (Å²) >= 11 is 0. The van der Waals surface area contributed by atoms with Crippen molar-refractivity contribution in [1.82, 2.24) is 0 Å². The molecule has 0 radical (unpaired) electrons. The number of benzene rings is 1. The van der Waals surface area contributed by atoms with Gasteiger partial charge < -0.3 is 15.1 Å². The van der Waals surface area contributed by atoms with Gasteiger partial charge in [0.15, 0.2) is 0 Å². The second-order valence-electron chi connectivity index (χ2n) is 4.45. The molecule has 94 valence electrons. The van der Waals surface area contributed by atoms with E-state index >= 15 is 0 Å². The van der Waals surface area contributed by atoms with E-state index in [9.17, 15) is 5.11 Å². The number of oxime groups is 1. The summed E-state index contributed by atoms with van der Waals surface area (Å²) in [7, 11) is 1.62. The highest BCUT2D eigenvalue weighted by atomic mass is 16.5. The van der Waals surface area contributed by atoms with Crippen molar-refractivity contribution in [3.63, 3.8) is 0 Å². The molecule has 2 N–H and O–H groups in total. The molecule has 0 amide bonds. The fourth-order valence-electron chi connectivity index (χ4n) is 1.53. The van der Waals surface area contributed by atoms with E-state index in [1.54, 1.807) is 21.0 Å². The van der Waals surface area contributed by atoms with Crippen LogP contribution in [-0.4, -0.2) is 28.7 Å². The van der Waals surface area contributed by atoms with Gasteiger partial charge in [0.25, 0.3) is 0 Å². The topological polar surface area (TPSA) is 62.0 Å². The first-order valence-corrected chi connectivity index (χ1v) is 5.54. The number of rotatable bonds is 5. The van der Waals surface area contributed by atoms with Gasteiger partial charge in [-0.2, -0.15) is 0 Å². The zero-order chi connectivity index (χ0) is 12.9. The van der Waals surface area contributed by atoms with Gasteiger partial charge in [-0.25, -0.2) is 0 Å². The van der Waals surface area contributed by atoms with Crippen LogP contribution in [-0.2, 0) is 6.42 Å². The Kier molecular flexibility index (Phi) is 4.52. The monoisotopic (exact) mass is 237 g/mol. The Morgan fingerprint density at radius 2 is 1.88 bits per heavy atom. The molecule has 0 spiro atoms. The molecule has 0 aliphatic carbocycles. The standard InChI is InChI=1S/C13H19NO3/c1-13(2,15)12(14-16)9-6-10-4-7-11(17-3)8-5-10/h4-5,7-8,15-16H,6,9H2,1-3H3. The van der Waals surface area contributed by atoms with Crippen LogP contribution >= 0.6 is 0 Å². The maximum atomic E-state index is 9.73.